The fourth-order valence-electron chi connectivity index (χ4n) is 13.3. The first kappa shape index (κ1) is 51.7. The summed E-state index contributed by atoms with van der Waals surface area (Å²) >= 11 is 0. The van der Waals surface area contributed by atoms with Crippen molar-refractivity contribution in [3.8, 4) is 0 Å². The summed E-state index contributed by atoms with van der Waals surface area (Å²) in [6.45, 7) is 2.84. The number of aliphatic hydroxyl groups excluding tert-OH is 14. The Morgan fingerprint density at radius 3 is 1.57 bits per heavy atom. The van der Waals surface area contributed by atoms with Crippen molar-refractivity contribution >= 4 is 5.97 Å². The number of carbonyl (C=O) groups excluding carboxylic acids is 1. The Morgan fingerprint density at radius 1 is 0.567 bits per heavy atom. The van der Waals surface area contributed by atoms with Crippen LogP contribution in [0.5, 0.6) is 0 Å². The molecule has 1 spiro atoms. The van der Waals surface area contributed by atoms with Gasteiger partial charge in [0.05, 0.1) is 37.4 Å². The summed E-state index contributed by atoms with van der Waals surface area (Å²) in [4.78, 5) is 14.3. The highest BCUT2D eigenvalue weighted by Crippen LogP contribution is 2.72. The van der Waals surface area contributed by atoms with Gasteiger partial charge in [0, 0.05) is 0 Å². The molecule has 8 rings (SSSR count). The van der Waals surface area contributed by atoms with Crippen LogP contribution in [0.15, 0.2) is 11.6 Å². The van der Waals surface area contributed by atoms with Gasteiger partial charge in [-0.15, -0.1) is 0 Å². The highest BCUT2D eigenvalue weighted by molar-refractivity contribution is 5.77. The van der Waals surface area contributed by atoms with Gasteiger partial charge in [-0.25, -0.2) is 0 Å². The molecule has 4 heterocycles. The van der Waals surface area contributed by atoms with Gasteiger partial charge in [-0.3, -0.25) is 4.79 Å². The third-order valence-corrected chi connectivity index (χ3v) is 17.0. The quantitative estimate of drug-likeness (QED) is 0.0494. The molecule has 4 aliphatic carbocycles. The van der Waals surface area contributed by atoms with Gasteiger partial charge in [0.2, 0.25) is 6.29 Å². The molecule has 23 heteroatoms. The van der Waals surface area contributed by atoms with Crippen molar-refractivity contribution in [2.24, 2.45) is 28.1 Å². The second-order valence-electron chi connectivity index (χ2n) is 20.7. The molecule has 26 atom stereocenters. The van der Waals surface area contributed by atoms with Crippen LogP contribution in [0.3, 0.4) is 0 Å². The second kappa shape index (κ2) is 19.4. The van der Waals surface area contributed by atoms with Crippen LogP contribution in [0.1, 0.15) is 72.1 Å². The van der Waals surface area contributed by atoms with Crippen LogP contribution in [0.2, 0.25) is 0 Å². The van der Waals surface area contributed by atoms with E-state index in [-0.39, 0.29) is 11.8 Å². The molecule has 0 aromatic carbocycles. The smallest absolute Gasteiger partial charge is 0.314 e. The van der Waals surface area contributed by atoms with Crippen LogP contribution in [0.4, 0.5) is 0 Å². The molecule has 4 saturated heterocycles. The van der Waals surface area contributed by atoms with Gasteiger partial charge in [-0.2, -0.15) is 0 Å². The van der Waals surface area contributed by atoms with E-state index in [9.17, 15) is 76.3 Å². The molecule has 23 nitrogen and oxygen atoms in total. The Hall–Kier alpha value is -1.63. The lowest BCUT2D eigenvalue weighted by Crippen LogP contribution is -2.68. The molecular weight excluding hydrogens is 896 g/mol. The number of allylic oxidation sites excluding steroid dienone is 1. The normalized spacial score (nSPS) is 54.4. The Bertz CT molecular complexity index is 1770. The van der Waals surface area contributed by atoms with Gasteiger partial charge in [0.1, 0.15) is 97.7 Å². The van der Waals surface area contributed by atoms with E-state index in [1.165, 1.54) is 0 Å². The molecule has 0 aromatic rings. The topological polar surface area (TPSA) is 374 Å². The summed E-state index contributed by atoms with van der Waals surface area (Å²) in [6.07, 6.45) is -27.3. The molecular formula is C44H70O23. The molecule has 384 valence electrons. The van der Waals surface area contributed by atoms with Crippen LogP contribution < -0.4 is 0 Å². The summed E-state index contributed by atoms with van der Waals surface area (Å²) in [7, 11) is 0. The Labute approximate surface area is 386 Å². The van der Waals surface area contributed by atoms with E-state index >= 15 is 0 Å². The number of rotatable bonds is 12. The average molecular weight is 967 g/mol. The lowest BCUT2D eigenvalue weighted by Gasteiger charge is -2.64. The number of aliphatic hydroxyl groups is 14. The number of fused-ring (bicyclic) bond motifs is 3. The molecule has 67 heavy (non-hydrogen) atoms. The summed E-state index contributed by atoms with van der Waals surface area (Å²) in [5.74, 6) is -0.818. The lowest BCUT2D eigenvalue weighted by molar-refractivity contribution is -0.400. The zero-order valence-corrected chi connectivity index (χ0v) is 37.7. The van der Waals surface area contributed by atoms with Crippen LogP contribution in [-0.2, 0) is 42.7 Å². The predicted molar refractivity (Wildman–Crippen MR) is 219 cm³/mol. The van der Waals surface area contributed by atoms with Crippen molar-refractivity contribution < 1.29 is 114 Å². The summed E-state index contributed by atoms with van der Waals surface area (Å²) < 4.78 is 48.3. The first-order valence-electron chi connectivity index (χ1n) is 23.4. The Balaban J connectivity index is 1.07. The van der Waals surface area contributed by atoms with Gasteiger partial charge in [-0.1, -0.05) is 19.4 Å². The van der Waals surface area contributed by atoms with Crippen molar-refractivity contribution in [1.29, 1.82) is 0 Å². The number of ether oxygens (including phenoxy) is 8. The van der Waals surface area contributed by atoms with E-state index in [1.807, 2.05) is 13.8 Å². The fraction of sp³-hybridized carbons (Fsp3) is 0.932. The van der Waals surface area contributed by atoms with Crippen LogP contribution >= 0.6 is 0 Å². The van der Waals surface area contributed by atoms with E-state index in [0.717, 1.165) is 12.0 Å². The first-order valence-corrected chi connectivity index (χ1v) is 23.4. The fourth-order valence-corrected chi connectivity index (χ4v) is 13.3. The van der Waals surface area contributed by atoms with E-state index < -0.39 is 177 Å². The monoisotopic (exact) mass is 966 g/mol. The van der Waals surface area contributed by atoms with Crippen molar-refractivity contribution in [2.75, 3.05) is 26.4 Å². The van der Waals surface area contributed by atoms with Gasteiger partial charge in [-0.05, 0) is 87.0 Å². The van der Waals surface area contributed by atoms with Crippen LogP contribution in [-0.4, -0.2) is 232 Å². The Kier molecular flexibility index (Phi) is 15.0. The van der Waals surface area contributed by atoms with Crippen molar-refractivity contribution in [2.45, 2.75) is 201 Å². The average Bonchev–Trinajstić information content (AvgIpc) is 3.50. The van der Waals surface area contributed by atoms with E-state index in [0.29, 0.717) is 44.9 Å². The molecule has 0 aromatic heterocycles. The molecule has 8 aliphatic rings. The zero-order valence-electron chi connectivity index (χ0n) is 37.7. The zero-order chi connectivity index (χ0) is 48.7. The SMILES string of the molecule is CC1=CC23CCC4[C@](C)(CCC[C@@]4(C)C(=O)O[C@@H]4O[C@H](CO)[C@@H](O)[C@H](O)[C@H]4O)C2CC[C@]1(O[C@@H]1O[C@H](CO)[C@@H](O)[C@H](O[C@@H]2O[C@H](CO)[C@@H](O)[C@H](O)[C@H]2O)[C@H]1O[C@@H]1O[C@H](CO)[C@@H](O)[C@H](O)[C@H]1O)C3. The predicted octanol–water partition coefficient (Wildman–Crippen LogP) is -5.11. The molecule has 7 fully saturated rings. The van der Waals surface area contributed by atoms with E-state index in [1.54, 1.807) is 0 Å². The molecule has 0 amide bonds. The third kappa shape index (κ3) is 8.63. The van der Waals surface area contributed by atoms with Gasteiger partial charge in [0.25, 0.3) is 0 Å². The van der Waals surface area contributed by atoms with Crippen LogP contribution in [0, 0.1) is 28.1 Å². The third-order valence-electron chi connectivity index (χ3n) is 17.0. The minimum Gasteiger partial charge on any atom is -0.432 e. The van der Waals surface area contributed by atoms with E-state index in [4.69, 9.17) is 37.9 Å². The first-order chi connectivity index (χ1) is 31.6. The van der Waals surface area contributed by atoms with E-state index in [2.05, 4.69) is 13.0 Å². The molecule has 0 radical (unpaired) electrons. The maximum Gasteiger partial charge on any atom is 0.314 e. The minimum absolute atomic E-state index is 0.00956. The molecule has 3 unspecified atom stereocenters. The number of carbonyl (C=O) groups is 1. The highest BCUT2D eigenvalue weighted by Gasteiger charge is 2.68. The number of hydrogen-bond donors (Lipinski definition) is 14. The maximum atomic E-state index is 14.3. The molecule has 3 saturated carbocycles. The van der Waals surface area contributed by atoms with Crippen LogP contribution in [0.25, 0.3) is 0 Å². The molecule has 4 aliphatic heterocycles. The maximum absolute atomic E-state index is 14.3. The second-order valence-corrected chi connectivity index (χ2v) is 20.7. The Morgan fingerprint density at radius 2 is 1.03 bits per heavy atom. The van der Waals surface area contributed by atoms with Crippen molar-refractivity contribution in [3.63, 3.8) is 0 Å². The number of esters is 1. The van der Waals surface area contributed by atoms with Crippen molar-refractivity contribution in [3.05, 3.63) is 11.6 Å². The van der Waals surface area contributed by atoms with Crippen molar-refractivity contribution in [1.82, 2.24) is 0 Å². The minimum atomic E-state index is -1.95. The van der Waals surface area contributed by atoms with Gasteiger partial charge >= 0.3 is 5.97 Å². The van der Waals surface area contributed by atoms with Gasteiger partial charge < -0.3 is 109 Å². The van der Waals surface area contributed by atoms with Gasteiger partial charge in [0.15, 0.2) is 18.9 Å². The highest BCUT2D eigenvalue weighted by atomic mass is 16.8. The molecule has 2 bridgehead atoms. The summed E-state index contributed by atoms with van der Waals surface area (Å²) in [5, 5.41) is 148. The molecule has 14 N–H and O–H groups in total. The number of hydrogen-bond acceptors (Lipinski definition) is 23. The lowest BCUT2D eigenvalue weighted by atomic mass is 9.40. The largest absolute Gasteiger partial charge is 0.432 e. The summed E-state index contributed by atoms with van der Waals surface area (Å²) in [5.41, 5.74) is -2.21. The summed E-state index contributed by atoms with van der Waals surface area (Å²) in [6, 6.07) is 0. The standard InChI is InChI=1S/C44H70O23/c1-17-11-43-9-5-22-41(2,7-4-8-42(22,3)40(59)66-38-33(58)30(55)26(51)20(14-47)62-38)23(43)6-10-44(17,16-43)67-39-35(65-37-32(57)29(54)25(50)19(13-46)61-37)34(27(52)21(15-48)63-39)64-36-31(56)28(53)24(49)18(12-45)60-36/h11,18-39,45-58H,4-10,12-16H2,1-3H3/t18-,19-,20-,21-,22?,23?,24-,25-,26-,27-,28+,29+,30+,31-,32-,33-,34+,35-,36+,37+,38+,39+,41+,42-,43?,44+/m1/s1.